The van der Waals surface area contributed by atoms with Gasteiger partial charge in [0.1, 0.15) is 11.9 Å². The van der Waals surface area contributed by atoms with Gasteiger partial charge in [0.25, 0.3) is 0 Å². The Labute approximate surface area is 267 Å². The van der Waals surface area contributed by atoms with Crippen molar-refractivity contribution in [3.63, 3.8) is 0 Å². The molecule has 0 saturated carbocycles. The van der Waals surface area contributed by atoms with E-state index in [9.17, 15) is 23.8 Å². The summed E-state index contributed by atoms with van der Waals surface area (Å²) >= 11 is 6.12. The molecule has 3 unspecified atom stereocenters. The average molecular weight is 662 g/mol. The van der Waals surface area contributed by atoms with Crippen LogP contribution in [0.2, 0.25) is 5.02 Å². The molecule has 2 bridgehead atoms. The van der Waals surface area contributed by atoms with Crippen LogP contribution in [0.1, 0.15) is 41.9 Å². The Hall–Kier alpha value is -3.46. The van der Waals surface area contributed by atoms with Crippen LogP contribution in [0.25, 0.3) is 0 Å². The van der Waals surface area contributed by atoms with Gasteiger partial charge in [0, 0.05) is 59.6 Å². The number of aromatic nitrogens is 1. The number of benzene rings is 2. The average Bonchev–Trinajstić information content (AvgIpc) is 3.13. The van der Waals surface area contributed by atoms with Gasteiger partial charge in [-0.05, 0) is 61.1 Å². The number of nitrogens with zero attached hydrogens (tertiary/aromatic N) is 2. The van der Waals surface area contributed by atoms with Crippen molar-refractivity contribution in [2.45, 2.75) is 49.7 Å². The number of piperazine rings is 1. The van der Waals surface area contributed by atoms with Crippen LogP contribution < -0.4 is 20.7 Å². The van der Waals surface area contributed by atoms with Gasteiger partial charge in [-0.3, -0.25) is 13.9 Å². The Balaban J connectivity index is 1.42. The number of carbonyl (C=O) groups is 2. The molecule has 0 spiro atoms. The monoisotopic (exact) mass is 661 g/mol. The van der Waals surface area contributed by atoms with E-state index in [4.69, 9.17) is 16.3 Å². The molecule has 1 aromatic heterocycles. The number of pyridine rings is 1. The minimum Gasteiger partial charge on any atom is -0.481 e. The van der Waals surface area contributed by atoms with Gasteiger partial charge in [0.15, 0.2) is 0 Å². The number of amides is 2. The highest BCUT2D eigenvalue weighted by Crippen LogP contribution is 2.49. The Kier molecular flexibility index (Phi) is 10.5. The van der Waals surface area contributed by atoms with E-state index in [0.717, 1.165) is 6.42 Å². The number of nitrogens with one attached hydrogen (secondary N) is 3. The van der Waals surface area contributed by atoms with Crippen molar-refractivity contribution in [2.75, 3.05) is 31.3 Å². The maximum absolute atomic E-state index is 15.3. The molecule has 2 fully saturated rings. The molecule has 2 saturated heterocycles. The van der Waals surface area contributed by atoms with Crippen molar-refractivity contribution in [1.82, 2.24) is 19.9 Å². The summed E-state index contributed by atoms with van der Waals surface area (Å²) in [5.41, 5.74) is 1.57. The summed E-state index contributed by atoms with van der Waals surface area (Å²) in [7, 11) is -1.46. The quantitative estimate of drug-likeness (QED) is 0.169. The lowest BCUT2D eigenvalue weighted by Gasteiger charge is -2.49. The highest BCUT2D eigenvalue weighted by atomic mass is 35.5. The van der Waals surface area contributed by atoms with E-state index in [1.807, 2.05) is 0 Å². The number of hydrogen-bond donors (Lipinski definition) is 6. The van der Waals surface area contributed by atoms with Gasteiger partial charge in [0.05, 0.1) is 12.9 Å². The molecular formula is C31H37ClFN5O6S. The third-order valence-corrected chi connectivity index (χ3v) is 10.6. The molecule has 14 heteroatoms. The second kappa shape index (κ2) is 14.3. The number of methoxy groups -OCH3 is 1. The van der Waals surface area contributed by atoms with Crippen LogP contribution in [0.4, 0.5) is 14.9 Å². The first-order valence-electron chi connectivity index (χ1n) is 14.6. The molecule has 5 atom stereocenters. The summed E-state index contributed by atoms with van der Waals surface area (Å²) in [6.07, 6.45) is 2.26. The second-order valence-electron chi connectivity index (χ2n) is 11.2. The molecule has 3 aromatic rings. The standard InChI is InChI=1S/C31H37ClFN5O6S/c1-44-27-14-9-20(16-35-27)28(19-7-10-21(32)11-8-19)29(37-31(40)41)30(39)36-26-6-2-5-25(33)24(26)13-12-23-17-34-22-4-3-15-45(42,43)38(23)18-22/h2,5-11,14,16,22-23,28-29,34,37,42-43H,3-4,12-13,15,17-18H2,1H3,(H,36,39)(H,40,41)/t22?,23?,28-,29-/m0/s1. The molecule has 45 heavy (non-hydrogen) atoms. The van der Waals surface area contributed by atoms with Gasteiger partial charge in [-0.25, -0.2) is 18.5 Å². The number of halogens is 2. The Morgan fingerprint density at radius 2 is 1.93 bits per heavy atom. The fraction of sp³-hybridized carbons (Fsp3) is 0.387. The zero-order valence-electron chi connectivity index (χ0n) is 24.7. The molecule has 5 rings (SSSR count). The largest absolute Gasteiger partial charge is 0.481 e. The third-order valence-electron chi connectivity index (χ3n) is 8.35. The van der Waals surface area contributed by atoms with Gasteiger partial charge in [0.2, 0.25) is 11.8 Å². The van der Waals surface area contributed by atoms with E-state index in [-0.39, 0.29) is 29.8 Å². The predicted molar refractivity (Wildman–Crippen MR) is 172 cm³/mol. The summed E-state index contributed by atoms with van der Waals surface area (Å²) < 4.78 is 43.9. The Bertz CT molecular complexity index is 1500. The van der Waals surface area contributed by atoms with E-state index >= 15 is 4.39 Å². The van der Waals surface area contributed by atoms with E-state index in [1.165, 1.54) is 25.4 Å². The molecule has 6 N–H and O–H groups in total. The maximum atomic E-state index is 15.3. The van der Waals surface area contributed by atoms with E-state index in [2.05, 4.69) is 20.9 Å². The molecule has 0 radical (unpaired) electrons. The molecule has 2 aliphatic rings. The van der Waals surface area contributed by atoms with Crippen molar-refractivity contribution in [1.29, 1.82) is 0 Å². The summed E-state index contributed by atoms with van der Waals surface area (Å²) in [6.45, 7) is 1.03. The lowest BCUT2D eigenvalue weighted by Crippen LogP contribution is -2.55. The van der Waals surface area contributed by atoms with Gasteiger partial charge in [-0.2, -0.15) is 0 Å². The maximum Gasteiger partial charge on any atom is 0.405 e. The normalized spacial score (nSPS) is 22.7. The highest BCUT2D eigenvalue weighted by molar-refractivity contribution is 8.22. The third kappa shape index (κ3) is 7.86. The van der Waals surface area contributed by atoms with Crippen LogP contribution >= 0.6 is 22.4 Å². The molecule has 3 heterocycles. The van der Waals surface area contributed by atoms with Crippen molar-refractivity contribution >= 4 is 40.1 Å². The summed E-state index contributed by atoms with van der Waals surface area (Å²) in [5.74, 6) is -1.42. The molecule has 2 aromatic carbocycles. The Morgan fingerprint density at radius 3 is 2.62 bits per heavy atom. The van der Waals surface area contributed by atoms with Crippen molar-refractivity contribution in [3.05, 3.63) is 88.3 Å². The highest BCUT2D eigenvalue weighted by Gasteiger charge is 2.38. The van der Waals surface area contributed by atoms with Crippen LogP contribution in [0, 0.1) is 5.82 Å². The first-order chi connectivity index (χ1) is 21.6. The van der Waals surface area contributed by atoms with Crippen LogP contribution in [0.3, 0.4) is 0 Å². The Morgan fingerprint density at radius 1 is 1.18 bits per heavy atom. The number of carboxylic acid groups (broad SMARTS) is 1. The number of anilines is 1. The van der Waals surface area contributed by atoms with E-state index < -0.39 is 40.6 Å². The molecule has 242 valence electrons. The van der Waals surface area contributed by atoms with Gasteiger partial charge >= 0.3 is 6.09 Å². The van der Waals surface area contributed by atoms with Gasteiger partial charge < -0.3 is 25.8 Å². The zero-order chi connectivity index (χ0) is 32.1. The first kappa shape index (κ1) is 32.9. The van der Waals surface area contributed by atoms with Crippen molar-refractivity contribution < 1.29 is 32.9 Å². The lowest BCUT2D eigenvalue weighted by atomic mass is 9.85. The van der Waals surface area contributed by atoms with Gasteiger partial charge in [-0.15, -0.1) is 10.8 Å². The van der Waals surface area contributed by atoms with Crippen LogP contribution in [0.15, 0.2) is 60.8 Å². The summed E-state index contributed by atoms with van der Waals surface area (Å²) in [6, 6.07) is 12.9. The number of rotatable bonds is 10. The fourth-order valence-corrected chi connectivity index (χ4v) is 8.09. The summed E-state index contributed by atoms with van der Waals surface area (Å²) in [4.78, 5) is 30.2. The SMILES string of the molecule is COc1ccc([C@H](c2ccc(Cl)cc2)[C@H](NC(=O)O)C(=O)Nc2cccc(F)c2CCC2CNC3CCCS(O)(O)N2C3)cn1. The van der Waals surface area contributed by atoms with Crippen LogP contribution in [0.5, 0.6) is 5.88 Å². The van der Waals surface area contributed by atoms with Gasteiger partial charge in [-0.1, -0.05) is 35.9 Å². The number of fused-ring (bicyclic) bond motifs is 2. The van der Waals surface area contributed by atoms with Crippen LogP contribution in [-0.2, 0) is 11.2 Å². The lowest BCUT2D eigenvalue weighted by molar-refractivity contribution is -0.118. The first-order valence-corrected chi connectivity index (χ1v) is 16.7. The topological polar surface area (TPSA) is 156 Å². The molecule has 2 aliphatic heterocycles. The second-order valence-corrected chi connectivity index (χ2v) is 13.8. The smallest absolute Gasteiger partial charge is 0.405 e. The fourth-order valence-electron chi connectivity index (χ4n) is 6.10. The summed E-state index contributed by atoms with van der Waals surface area (Å²) in [5, 5.41) is 18.8. The minimum atomic E-state index is -2.93. The number of hydrogen-bond acceptors (Lipinski definition) is 8. The zero-order valence-corrected chi connectivity index (χ0v) is 26.2. The molecule has 0 aliphatic carbocycles. The minimum absolute atomic E-state index is 0.173. The molecular weight excluding hydrogens is 625 g/mol. The molecule has 2 amide bonds. The van der Waals surface area contributed by atoms with Crippen molar-refractivity contribution in [3.8, 4) is 5.88 Å². The molecule has 11 nitrogen and oxygen atoms in total. The van der Waals surface area contributed by atoms with Crippen LogP contribution in [-0.4, -0.2) is 79.6 Å². The van der Waals surface area contributed by atoms with Crippen molar-refractivity contribution in [2.24, 2.45) is 0 Å². The number of carbonyl (C=O) groups excluding carboxylic acids is 1. The van der Waals surface area contributed by atoms with E-state index in [0.29, 0.717) is 53.7 Å². The van der Waals surface area contributed by atoms with E-state index in [1.54, 1.807) is 46.8 Å². The number of ether oxygens (including phenoxy) is 1. The predicted octanol–water partition coefficient (Wildman–Crippen LogP) is 5.32.